The summed E-state index contributed by atoms with van der Waals surface area (Å²) in [5.74, 6) is 0.907. The normalized spacial score (nSPS) is 14.5. The van der Waals surface area contributed by atoms with Gasteiger partial charge in [0, 0.05) is 30.9 Å². The van der Waals surface area contributed by atoms with Gasteiger partial charge in [-0.3, -0.25) is 4.68 Å². The van der Waals surface area contributed by atoms with Crippen molar-refractivity contribution in [1.29, 1.82) is 0 Å². The number of nitrogens with zero attached hydrogens (tertiary/aromatic N) is 2. The Balaban J connectivity index is 1.90. The summed E-state index contributed by atoms with van der Waals surface area (Å²) in [6.45, 7) is 3.88. The first-order chi connectivity index (χ1) is 9.80. The lowest BCUT2D eigenvalue weighted by atomic mass is 10.0. The fraction of sp³-hybridized carbons (Fsp3) is 0.438. The zero-order valence-corrected chi connectivity index (χ0v) is 12.1. The molecule has 4 heteroatoms. The molecule has 0 unspecified atom stereocenters. The van der Waals surface area contributed by atoms with E-state index in [4.69, 9.17) is 4.74 Å². The van der Waals surface area contributed by atoms with Crippen molar-refractivity contribution in [3.05, 3.63) is 36.2 Å². The third kappa shape index (κ3) is 2.85. The van der Waals surface area contributed by atoms with Gasteiger partial charge in [0.2, 0.25) is 0 Å². The smallest absolute Gasteiger partial charge is 0.119 e. The molecule has 1 aliphatic carbocycles. The average molecular weight is 271 g/mol. The van der Waals surface area contributed by atoms with E-state index in [1.54, 1.807) is 7.11 Å². The molecule has 3 rings (SSSR count). The summed E-state index contributed by atoms with van der Waals surface area (Å²) in [6, 6.07) is 6.96. The number of hydrogen-bond donors (Lipinski definition) is 1. The molecular formula is C16H21N3O. The minimum absolute atomic E-state index is 0.701. The van der Waals surface area contributed by atoms with Gasteiger partial charge in [0.15, 0.2) is 0 Å². The summed E-state index contributed by atoms with van der Waals surface area (Å²) in [5, 5.41) is 7.94. The summed E-state index contributed by atoms with van der Waals surface area (Å²) in [4.78, 5) is 0. The molecule has 1 saturated carbocycles. The molecule has 1 aromatic carbocycles. The van der Waals surface area contributed by atoms with Crippen LogP contribution < -0.4 is 10.1 Å². The largest absolute Gasteiger partial charge is 0.497 e. The molecule has 2 aromatic rings. The highest BCUT2D eigenvalue weighted by Gasteiger charge is 2.20. The molecule has 0 atom stereocenters. The van der Waals surface area contributed by atoms with Crippen molar-refractivity contribution in [1.82, 2.24) is 15.1 Å². The first-order valence-corrected chi connectivity index (χ1v) is 7.23. The molecule has 0 amide bonds. The quantitative estimate of drug-likeness (QED) is 0.878. The summed E-state index contributed by atoms with van der Waals surface area (Å²) < 4.78 is 7.30. The number of aryl methyl sites for hydroxylation is 1. The molecule has 0 spiro atoms. The molecule has 0 radical (unpaired) electrons. The van der Waals surface area contributed by atoms with Crippen molar-refractivity contribution in [2.75, 3.05) is 7.11 Å². The highest BCUT2D eigenvalue weighted by atomic mass is 16.5. The molecule has 0 aliphatic heterocycles. The van der Waals surface area contributed by atoms with Crippen LogP contribution in [-0.2, 0) is 13.1 Å². The van der Waals surface area contributed by atoms with Crippen molar-refractivity contribution in [2.24, 2.45) is 0 Å². The van der Waals surface area contributed by atoms with Gasteiger partial charge in [0.25, 0.3) is 0 Å². The predicted molar refractivity (Wildman–Crippen MR) is 79.8 cm³/mol. The van der Waals surface area contributed by atoms with E-state index >= 15 is 0 Å². The van der Waals surface area contributed by atoms with E-state index in [-0.39, 0.29) is 0 Å². The number of benzene rings is 1. The van der Waals surface area contributed by atoms with Gasteiger partial charge in [-0.2, -0.15) is 5.10 Å². The maximum atomic E-state index is 5.35. The van der Waals surface area contributed by atoms with Gasteiger partial charge >= 0.3 is 0 Å². The number of methoxy groups -OCH3 is 1. The number of aromatic nitrogens is 2. The molecular weight excluding hydrogens is 250 g/mol. The zero-order chi connectivity index (χ0) is 13.9. The van der Waals surface area contributed by atoms with Gasteiger partial charge in [-0.05, 0) is 43.0 Å². The van der Waals surface area contributed by atoms with Gasteiger partial charge < -0.3 is 10.1 Å². The van der Waals surface area contributed by atoms with Crippen molar-refractivity contribution in [2.45, 2.75) is 38.9 Å². The lowest BCUT2D eigenvalue weighted by Crippen LogP contribution is -2.15. The third-order valence-corrected chi connectivity index (χ3v) is 3.74. The summed E-state index contributed by atoms with van der Waals surface area (Å²) in [5.41, 5.74) is 3.67. The van der Waals surface area contributed by atoms with Crippen molar-refractivity contribution < 1.29 is 4.74 Å². The molecule has 4 nitrogen and oxygen atoms in total. The molecule has 1 N–H and O–H groups in total. The Morgan fingerprint density at radius 2 is 2.25 bits per heavy atom. The van der Waals surface area contributed by atoms with Crippen LogP contribution in [0, 0.1) is 0 Å². The van der Waals surface area contributed by atoms with E-state index in [1.165, 1.54) is 29.5 Å². The van der Waals surface area contributed by atoms with Crippen LogP contribution >= 0.6 is 0 Å². The van der Waals surface area contributed by atoms with Crippen LogP contribution in [0.3, 0.4) is 0 Å². The molecule has 106 valence electrons. The second-order valence-corrected chi connectivity index (χ2v) is 5.26. The van der Waals surface area contributed by atoms with Gasteiger partial charge in [0.05, 0.1) is 13.3 Å². The SMILES string of the molecule is CCn1cc(-c2ccc(OC)cc2CNC2CC2)cn1. The number of nitrogens with one attached hydrogen (secondary N) is 1. The van der Waals surface area contributed by atoms with Crippen LogP contribution in [-0.4, -0.2) is 22.9 Å². The van der Waals surface area contributed by atoms with Crippen LogP contribution in [0.2, 0.25) is 0 Å². The van der Waals surface area contributed by atoms with Crippen LogP contribution in [0.15, 0.2) is 30.6 Å². The molecule has 0 saturated heterocycles. The lowest BCUT2D eigenvalue weighted by Gasteiger charge is -2.11. The first kappa shape index (κ1) is 13.2. The first-order valence-electron chi connectivity index (χ1n) is 7.23. The van der Waals surface area contributed by atoms with E-state index in [0.717, 1.165) is 18.8 Å². The molecule has 1 aromatic heterocycles. The monoisotopic (exact) mass is 271 g/mol. The Labute approximate surface area is 119 Å². The van der Waals surface area contributed by atoms with E-state index in [2.05, 4.69) is 35.7 Å². The third-order valence-electron chi connectivity index (χ3n) is 3.74. The molecule has 20 heavy (non-hydrogen) atoms. The molecule has 1 heterocycles. The van der Waals surface area contributed by atoms with Crippen LogP contribution in [0.25, 0.3) is 11.1 Å². The van der Waals surface area contributed by atoms with Crippen LogP contribution in [0.1, 0.15) is 25.3 Å². The van der Waals surface area contributed by atoms with Crippen LogP contribution in [0.4, 0.5) is 0 Å². The maximum Gasteiger partial charge on any atom is 0.119 e. The Bertz CT molecular complexity index is 587. The van der Waals surface area contributed by atoms with E-state index in [0.29, 0.717) is 6.04 Å². The fourth-order valence-electron chi connectivity index (χ4n) is 2.34. The standard InChI is InChI=1S/C16H21N3O/c1-3-19-11-13(10-18-19)16-7-6-15(20-2)8-12(16)9-17-14-4-5-14/h6-8,10-11,14,17H,3-5,9H2,1-2H3. The summed E-state index contributed by atoms with van der Waals surface area (Å²) in [7, 11) is 1.71. The van der Waals surface area contributed by atoms with E-state index < -0.39 is 0 Å². The lowest BCUT2D eigenvalue weighted by molar-refractivity contribution is 0.414. The van der Waals surface area contributed by atoms with E-state index in [9.17, 15) is 0 Å². The highest BCUT2D eigenvalue weighted by Crippen LogP contribution is 2.28. The molecule has 0 bridgehead atoms. The fourth-order valence-corrected chi connectivity index (χ4v) is 2.34. The zero-order valence-electron chi connectivity index (χ0n) is 12.1. The Kier molecular flexibility index (Phi) is 3.74. The molecule has 1 aliphatic rings. The van der Waals surface area contributed by atoms with Gasteiger partial charge in [-0.25, -0.2) is 0 Å². The Morgan fingerprint density at radius 3 is 2.90 bits per heavy atom. The average Bonchev–Trinajstić information content (AvgIpc) is 3.20. The second-order valence-electron chi connectivity index (χ2n) is 5.26. The van der Waals surface area contributed by atoms with Crippen molar-refractivity contribution in [3.8, 4) is 16.9 Å². The van der Waals surface area contributed by atoms with Gasteiger partial charge in [0.1, 0.15) is 5.75 Å². The number of hydrogen-bond acceptors (Lipinski definition) is 3. The maximum absolute atomic E-state index is 5.35. The van der Waals surface area contributed by atoms with E-state index in [1.807, 2.05) is 16.9 Å². The summed E-state index contributed by atoms with van der Waals surface area (Å²) >= 11 is 0. The van der Waals surface area contributed by atoms with Crippen LogP contribution in [0.5, 0.6) is 5.75 Å². The van der Waals surface area contributed by atoms with Crippen molar-refractivity contribution in [3.63, 3.8) is 0 Å². The van der Waals surface area contributed by atoms with Crippen molar-refractivity contribution >= 4 is 0 Å². The molecule has 1 fully saturated rings. The minimum atomic E-state index is 0.701. The number of ether oxygens (including phenoxy) is 1. The minimum Gasteiger partial charge on any atom is -0.497 e. The Hall–Kier alpha value is -1.81. The van der Waals surface area contributed by atoms with Gasteiger partial charge in [-0.15, -0.1) is 0 Å². The Morgan fingerprint density at radius 1 is 1.40 bits per heavy atom. The second kappa shape index (κ2) is 5.67. The topological polar surface area (TPSA) is 39.1 Å². The highest BCUT2D eigenvalue weighted by molar-refractivity contribution is 5.67. The summed E-state index contributed by atoms with van der Waals surface area (Å²) in [6.07, 6.45) is 6.63. The van der Waals surface area contributed by atoms with Gasteiger partial charge in [-0.1, -0.05) is 6.07 Å². The number of rotatable bonds is 6. The predicted octanol–water partition coefficient (Wildman–Crippen LogP) is 2.83.